The van der Waals surface area contributed by atoms with E-state index in [9.17, 15) is 31.9 Å². The molecule has 0 saturated carbocycles. The maximum atomic E-state index is 13.8. The molecule has 0 spiro atoms. The monoisotopic (exact) mass is 561 g/mol. The second-order valence-electron chi connectivity index (χ2n) is 10.3. The van der Waals surface area contributed by atoms with Gasteiger partial charge in [-0.2, -0.15) is 0 Å². The van der Waals surface area contributed by atoms with Gasteiger partial charge in [-0.1, -0.05) is 40.5 Å². The van der Waals surface area contributed by atoms with E-state index in [1.165, 1.54) is 6.92 Å². The van der Waals surface area contributed by atoms with Crippen LogP contribution in [0.4, 0.5) is 8.78 Å². The number of halogens is 2. The largest absolute Gasteiger partial charge is 0.390 e. The Hall–Kier alpha value is -2.11. The number of carbonyl (C=O) groups excluding carboxylic acids is 2. The van der Waals surface area contributed by atoms with E-state index in [2.05, 4.69) is 29.8 Å². The normalized spacial score (nSPS) is 14.4. The third-order valence-electron chi connectivity index (χ3n) is 6.24. The molecule has 1 rings (SSSR count). The molecule has 1 aromatic carbocycles. The molecule has 8 nitrogen and oxygen atoms in total. The van der Waals surface area contributed by atoms with Gasteiger partial charge in [0.05, 0.1) is 23.1 Å². The molecular formula is C27H45F2N3O5S. The molecule has 0 saturated heterocycles. The number of carbonyl (C=O) groups is 2. The highest BCUT2D eigenvalue weighted by Crippen LogP contribution is 2.17. The summed E-state index contributed by atoms with van der Waals surface area (Å²) in [6.07, 6.45) is 1.80. The number of nitrogens with one attached hydrogen (secondary N) is 3. The number of benzene rings is 1. The van der Waals surface area contributed by atoms with Crippen LogP contribution >= 0.6 is 0 Å². The molecule has 2 amide bonds. The van der Waals surface area contributed by atoms with Gasteiger partial charge in [0, 0.05) is 19.5 Å². The van der Waals surface area contributed by atoms with Crippen LogP contribution in [0.1, 0.15) is 72.3 Å². The molecule has 1 aromatic rings. The van der Waals surface area contributed by atoms with E-state index in [0.717, 1.165) is 24.6 Å². The molecular weight excluding hydrogens is 516 g/mol. The SMILES string of the molecule is CCCC(CCC)S(=O)(=O)C[C@@H](NC(C)=O)C(=O)N[C@@H](Cc1cc(F)cc(F)c1)[C@H](O)CNCCC(C)C. The fraction of sp³-hybridized carbons (Fsp3) is 0.704. The first-order valence-electron chi connectivity index (χ1n) is 13.4. The lowest BCUT2D eigenvalue weighted by molar-refractivity contribution is -0.128. The minimum absolute atomic E-state index is 0.0909. The summed E-state index contributed by atoms with van der Waals surface area (Å²) in [5.41, 5.74) is 0.212. The number of aliphatic hydroxyl groups is 1. The van der Waals surface area contributed by atoms with E-state index in [0.29, 0.717) is 38.1 Å². The Morgan fingerprint density at radius 3 is 2.05 bits per heavy atom. The van der Waals surface area contributed by atoms with E-state index >= 15 is 0 Å². The summed E-state index contributed by atoms with van der Waals surface area (Å²) in [5.74, 6) is -3.12. The number of hydrogen-bond donors (Lipinski definition) is 4. The molecule has 0 radical (unpaired) electrons. The standard InChI is InChI=1S/C27H45F2N3O5S/c1-6-8-23(9-7-2)38(36,37)17-25(31-19(5)33)27(35)32-24(26(34)16-30-11-10-18(3)4)14-20-12-21(28)15-22(29)13-20/h12-13,15,18,23-26,30,34H,6-11,14,16-17H2,1-5H3,(H,31,33)(H,32,35)/t24-,25+,26+/m0/s1. The van der Waals surface area contributed by atoms with Crippen molar-refractivity contribution in [2.45, 2.75) is 96.6 Å². The van der Waals surface area contributed by atoms with Crippen molar-refractivity contribution in [2.24, 2.45) is 5.92 Å². The number of rotatable bonds is 18. The molecule has 0 aliphatic carbocycles. The number of aliphatic hydroxyl groups excluding tert-OH is 1. The van der Waals surface area contributed by atoms with Crippen LogP contribution in [-0.4, -0.2) is 67.6 Å². The Morgan fingerprint density at radius 1 is 0.974 bits per heavy atom. The first kappa shape index (κ1) is 33.9. The van der Waals surface area contributed by atoms with E-state index < -0.39 is 62.5 Å². The lowest BCUT2D eigenvalue weighted by Gasteiger charge is -2.28. The fourth-order valence-corrected chi connectivity index (χ4v) is 6.44. The highest BCUT2D eigenvalue weighted by atomic mass is 32.2. The lowest BCUT2D eigenvalue weighted by atomic mass is 10.00. The van der Waals surface area contributed by atoms with Crippen LogP contribution in [0.15, 0.2) is 18.2 Å². The van der Waals surface area contributed by atoms with Crippen LogP contribution in [0.5, 0.6) is 0 Å². The number of hydrogen-bond acceptors (Lipinski definition) is 6. The third kappa shape index (κ3) is 12.6. The van der Waals surface area contributed by atoms with Gasteiger partial charge in [-0.15, -0.1) is 0 Å². The molecule has 11 heteroatoms. The Morgan fingerprint density at radius 2 is 1.55 bits per heavy atom. The van der Waals surface area contributed by atoms with Crippen molar-refractivity contribution >= 4 is 21.7 Å². The van der Waals surface area contributed by atoms with Gasteiger partial charge in [-0.05, 0) is 55.8 Å². The van der Waals surface area contributed by atoms with Gasteiger partial charge in [0.2, 0.25) is 11.8 Å². The second-order valence-corrected chi connectivity index (χ2v) is 12.7. The zero-order valence-electron chi connectivity index (χ0n) is 23.2. The highest BCUT2D eigenvalue weighted by molar-refractivity contribution is 7.92. The first-order chi connectivity index (χ1) is 17.8. The van der Waals surface area contributed by atoms with Crippen molar-refractivity contribution in [3.63, 3.8) is 0 Å². The van der Waals surface area contributed by atoms with E-state index in [1.807, 2.05) is 13.8 Å². The van der Waals surface area contributed by atoms with E-state index in [1.54, 1.807) is 0 Å². The Balaban J connectivity index is 3.16. The van der Waals surface area contributed by atoms with Gasteiger partial charge in [0.15, 0.2) is 9.84 Å². The van der Waals surface area contributed by atoms with Gasteiger partial charge < -0.3 is 21.1 Å². The van der Waals surface area contributed by atoms with Gasteiger partial charge in [0.25, 0.3) is 0 Å². The van der Waals surface area contributed by atoms with Crippen LogP contribution in [-0.2, 0) is 25.8 Å². The molecule has 0 aliphatic heterocycles. The summed E-state index contributed by atoms with van der Waals surface area (Å²) >= 11 is 0. The number of amides is 2. The van der Waals surface area contributed by atoms with Crippen molar-refractivity contribution in [3.05, 3.63) is 35.4 Å². The second kappa shape index (κ2) is 16.8. The molecule has 0 unspecified atom stereocenters. The smallest absolute Gasteiger partial charge is 0.243 e. The number of sulfone groups is 1. The minimum Gasteiger partial charge on any atom is -0.390 e. The average Bonchev–Trinajstić information content (AvgIpc) is 2.79. The molecule has 0 bridgehead atoms. The van der Waals surface area contributed by atoms with Crippen LogP contribution in [0.2, 0.25) is 0 Å². The predicted molar refractivity (Wildman–Crippen MR) is 145 cm³/mol. The predicted octanol–water partition coefficient (Wildman–Crippen LogP) is 2.88. The molecule has 0 heterocycles. The molecule has 4 N–H and O–H groups in total. The molecule has 38 heavy (non-hydrogen) atoms. The molecule has 0 aromatic heterocycles. The zero-order chi connectivity index (χ0) is 28.9. The quantitative estimate of drug-likeness (QED) is 0.204. The summed E-state index contributed by atoms with van der Waals surface area (Å²) in [4.78, 5) is 25.1. The Bertz CT molecular complexity index is 965. The molecule has 218 valence electrons. The highest BCUT2D eigenvalue weighted by Gasteiger charge is 2.33. The minimum atomic E-state index is -3.74. The van der Waals surface area contributed by atoms with Crippen LogP contribution in [0.25, 0.3) is 0 Å². The van der Waals surface area contributed by atoms with Crippen molar-refractivity contribution < 1.29 is 31.9 Å². The summed E-state index contributed by atoms with van der Waals surface area (Å²) in [6, 6.07) is 0.549. The van der Waals surface area contributed by atoms with Crippen molar-refractivity contribution in [1.82, 2.24) is 16.0 Å². The van der Waals surface area contributed by atoms with Crippen LogP contribution < -0.4 is 16.0 Å². The van der Waals surface area contributed by atoms with Gasteiger partial charge in [-0.3, -0.25) is 9.59 Å². The maximum absolute atomic E-state index is 13.8. The van der Waals surface area contributed by atoms with E-state index in [-0.39, 0.29) is 18.5 Å². The lowest BCUT2D eigenvalue weighted by Crippen LogP contribution is -2.56. The zero-order valence-corrected chi connectivity index (χ0v) is 24.0. The van der Waals surface area contributed by atoms with Gasteiger partial charge in [-0.25, -0.2) is 17.2 Å². The molecule has 0 fully saturated rings. The summed E-state index contributed by atoms with van der Waals surface area (Å²) in [6.45, 7) is 9.77. The Kier molecular flexibility index (Phi) is 15.0. The summed E-state index contributed by atoms with van der Waals surface area (Å²) < 4.78 is 53.9. The summed E-state index contributed by atoms with van der Waals surface area (Å²) in [7, 11) is -3.74. The molecule has 0 aliphatic rings. The van der Waals surface area contributed by atoms with Crippen LogP contribution in [0, 0.1) is 17.6 Å². The summed E-state index contributed by atoms with van der Waals surface area (Å²) in [5, 5.41) is 18.4. The van der Waals surface area contributed by atoms with Gasteiger partial charge >= 0.3 is 0 Å². The first-order valence-corrected chi connectivity index (χ1v) is 15.1. The van der Waals surface area contributed by atoms with Gasteiger partial charge in [0.1, 0.15) is 17.7 Å². The van der Waals surface area contributed by atoms with Crippen molar-refractivity contribution in [2.75, 3.05) is 18.8 Å². The average molecular weight is 562 g/mol. The Labute approximate surface area is 226 Å². The molecule has 3 atom stereocenters. The third-order valence-corrected chi connectivity index (χ3v) is 8.53. The van der Waals surface area contributed by atoms with Crippen LogP contribution in [0.3, 0.4) is 0 Å². The van der Waals surface area contributed by atoms with Crippen molar-refractivity contribution in [3.8, 4) is 0 Å². The van der Waals surface area contributed by atoms with E-state index in [4.69, 9.17) is 0 Å². The fourth-order valence-electron chi connectivity index (χ4n) is 4.28. The maximum Gasteiger partial charge on any atom is 0.243 e. The van der Waals surface area contributed by atoms with Crippen molar-refractivity contribution in [1.29, 1.82) is 0 Å². The topological polar surface area (TPSA) is 125 Å².